The number of hydrogen-bond acceptors (Lipinski definition) is 9. The van der Waals surface area contributed by atoms with E-state index in [9.17, 15) is 4.79 Å². The maximum atomic E-state index is 11.5. The molecule has 1 aromatic heterocycles. The average molecular weight is 491 g/mol. The van der Waals surface area contributed by atoms with E-state index < -0.39 is 0 Å². The van der Waals surface area contributed by atoms with Crippen LogP contribution in [0.2, 0.25) is 0 Å². The highest BCUT2D eigenvalue weighted by Gasteiger charge is 2.10. The van der Waals surface area contributed by atoms with Crippen LogP contribution in [0.1, 0.15) is 6.42 Å². The van der Waals surface area contributed by atoms with Crippen LogP contribution in [0.5, 0.6) is 5.75 Å². The van der Waals surface area contributed by atoms with Gasteiger partial charge < -0.3 is 20.1 Å². The van der Waals surface area contributed by atoms with E-state index in [1.807, 2.05) is 48.5 Å². The summed E-state index contributed by atoms with van der Waals surface area (Å²) in [6.07, 6.45) is 1.54. The fourth-order valence-corrected chi connectivity index (χ4v) is 4.12. The minimum Gasteiger partial charge on any atom is -0.492 e. The van der Waals surface area contributed by atoms with Gasteiger partial charge in [-0.25, -0.2) is 9.97 Å². The molecular formula is C25H26N6O3S. The number of hydrogen-bond donors (Lipinski definition) is 2. The minimum atomic E-state index is -0.327. The summed E-state index contributed by atoms with van der Waals surface area (Å²) < 4.78 is 11.2. The maximum absolute atomic E-state index is 11.5. The van der Waals surface area contributed by atoms with E-state index in [4.69, 9.17) is 14.7 Å². The first-order valence-corrected chi connectivity index (χ1v) is 12.1. The monoisotopic (exact) mass is 490 g/mol. The second-order valence-corrected chi connectivity index (χ2v) is 8.77. The van der Waals surface area contributed by atoms with E-state index in [-0.39, 0.29) is 12.3 Å². The predicted octanol–water partition coefficient (Wildman–Crippen LogP) is 3.93. The smallest absolute Gasteiger partial charge is 0.238 e. The van der Waals surface area contributed by atoms with Crippen LogP contribution in [0, 0.1) is 11.3 Å². The molecule has 180 valence electrons. The summed E-state index contributed by atoms with van der Waals surface area (Å²) in [5.74, 6) is 0.990. The van der Waals surface area contributed by atoms with Crippen LogP contribution in [-0.2, 0) is 9.53 Å². The van der Waals surface area contributed by atoms with Crippen molar-refractivity contribution in [2.45, 2.75) is 16.3 Å². The molecule has 0 bridgehead atoms. The van der Waals surface area contributed by atoms with Crippen LogP contribution in [0.25, 0.3) is 0 Å². The summed E-state index contributed by atoms with van der Waals surface area (Å²) in [5, 5.41) is 15.3. The molecule has 1 saturated heterocycles. The van der Waals surface area contributed by atoms with Crippen molar-refractivity contribution in [1.29, 1.82) is 5.26 Å². The van der Waals surface area contributed by atoms with Gasteiger partial charge in [-0.1, -0.05) is 11.8 Å². The lowest BCUT2D eigenvalue weighted by Gasteiger charge is -2.26. The van der Waals surface area contributed by atoms with E-state index >= 15 is 0 Å². The minimum absolute atomic E-state index is 0.169. The van der Waals surface area contributed by atoms with Gasteiger partial charge in [0.25, 0.3) is 0 Å². The fourth-order valence-electron chi connectivity index (χ4n) is 3.34. The molecule has 3 aromatic rings. The molecular weight excluding hydrogens is 464 g/mol. The van der Waals surface area contributed by atoms with Gasteiger partial charge in [0.2, 0.25) is 11.9 Å². The molecule has 9 nitrogen and oxygen atoms in total. The first kappa shape index (κ1) is 24.5. The quantitative estimate of drug-likeness (QED) is 0.408. The Labute approximate surface area is 208 Å². The number of anilines is 3. The van der Waals surface area contributed by atoms with Crippen LogP contribution in [0.3, 0.4) is 0 Å². The summed E-state index contributed by atoms with van der Waals surface area (Å²) in [7, 11) is 0. The number of nitriles is 1. The summed E-state index contributed by atoms with van der Waals surface area (Å²) in [5.41, 5.74) is 1.51. The normalized spacial score (nSPS) is 13.6. The van der Waals surface area contributed by atoms with Crippen molar-refractivity contribution in [3.63, 3.8) is 0 Å². The highest BCUT2D eigenvalue weighted by atomic mass is 32.2. The summed E-state index contributed by atoms with van der Waals surface area (Å²) in [6, 6.07) is 18.8. The standard InChI is InChI=1S/C25H26N6O3S/c26-11-9-23(32)28-19-3-7-22(8-4-19)35-24-10-12-27-25(30-24)29-20-1-5-21(6-2-20)34-18-15-31-13-16-33-17-14-31/h1-8,10,12H,9,13-18H2,(H,28,32)(H,27,29,30). The number of amides is 1. The molecule has 2 heterocycles. The van der Waals surface area contributed by atoms with Crippen LogP contribution >= 0.6 is 11.8 Å². The van der Waals surface area contributed by atoms with E-state index in [1.54, 1.807) is 18.3 Å². The van der Waals surface area contributed by atoms with Crippen LogP contribution in [-0.4, -0.2) is 60.2 Å². The highest BCUT2D eigenvalue weighted by molar-refractivity contribution is 7.99. The number of rotatable bonds is 10. The molecule has 1 aliphatic heterocycles. The Balaban J connectivity index is 1.27. The zero-order valence-corrected chi connectivity index (χ0v) is 20.0. The Morgan fingerprint density at radius 1 is 1.09 bits per heavy atom. The van der Waals surface area contributed by atoms with E-state index in [0.717, 1.165) is 54.2 Å². The van der Waals surface area contributed by atoms with Gasteiger partial charge in [0.15, 0.2) is 0 Å². The Bertz CT molecular complexity index is 1150. The number of carbonyl (C=O) groups excluding carboxylic acids is 1. The van der Waals surface area contributed by atoms with Crippen LogP contribution in [0.4, 0.5) is 17.3 Å². The van der Waals surface area contributed by atoms with Gasteiger partial charge in [-0.2, -0.15) is 5.26 Å². The van der Waals surface area contributed by atoms with Crippen molar-refractivity contribution in [2.24, 2.45) is 0 Å². The van der Waals surface area contributed by atoms with Crippen molar-refractivity contribution in [1.82, 2.24) is 14.9 Å². The molecule has 2 N–H and O–H groups in total. The van der Waals surface area contributed by atoms with Gasteiger partial charge in [0.05, 0.1) is 19.3 Å². The molecule has 1 aliphatic rings. The van der Waals surface area contributed by atoms with Crippen molar-refractivity contribution in [3.8, 4) is 11.8 Å². The first-order valence-electron chi connectivity index (χ1n) is 11.3. The van der Waals surface area contributed by atoms with Crippen molar-refractivity contribution in [2.75, 3.05) is 50.1 Å². The lowest BCUT2D eigenvalue weighted by atomic mass is 10.3. The average Bonchev–Trinajstić information content (AvgIpc) is 2.87. The number of aromatic nitrogens is 2. The predicted molar refractivity (Wildman–Crippen MR) is 134 cm³/mol. The largest absolute Gasteiger partial charge is 0.492 e. The molecule has 0 spiro atoms. The zero-order chi connectivity index (χ0) is 24.3. The number of carbonyl (C=O) groups is 1. The lowest BCUT2D eigenvalue weighted by Crippen LogP contribution is -2.38. The third-order valence-electron chi connectivity index (χ3n) is 5.12. The Hall–Kier alpha value is -3.65. The molecule has 1 amide bonds. The summed E-state index contributed by atoms with van der Waals surface area (Å²) >= 11 is 1.49. The number of benzene rings is 2. The highest BCUT2D eigenvalue weighted by Crippen LogP contribution is 2.28. The third kappa shape index (κ3) is 7.96. The van der Waals surface area contributed by atoms with Crippen molar-refractivity contribution >= 4 is 35.0 Å². The molecule has 4 rings (SSSR count). The van der Waals surface area contributed by atoms with E-state index in [0.29, 0.717) is 18.2 Å². The van der Waals surface area contributed by atoms with Gasteiger partial charge >= 0.3 is 0 Å². The third-order valence-corrected chi connectivity index (χ3v) is 6.06. The van der Waals surface area contributed by atoms with Gasteiger partial charge in [0, 0.05) is 42.1 Å². The molecule has 0 unspecified atom stereocenters. The van der Waals surface area contributed by atoms with E-state index in [1.165, 1.54) is 11.8 Å². The molecule has 35 heavy (non-hydrogen) atoms. The number of ether oxygens (including phenoxy) is 2. The molecule has 0 radical (unpaired) electrons. The van der Waals surface area contributed by atoms with Gasteiger partial charge in [-0.3, -0.25) is 9.69 Å². The fraction of sp³-hybridized carbons (Fsp3) is 0.280. The Kier molecular flexibility index (Phi) is 8.89. The SMILES string of the molecule is N#CCC(=O)Nc1ccc(Sc2ccnc(Nc3ccc(OCCN4CCOCC4)cc3)n2)cc1. The van der Waals surface area contributed by atoms with E-state index in [2.05, 4.69) is 25.5 Å². The van der Waals surface area contributed by atoms with Gasteiger partial charge in [0.1, 0.15) is 23.8 Å². The second-order valence-electron chi connectivity index (χ2n) is 7.68. The van der Waals surface area contributed by atoms with Crippen LogP contribution < -0.4 is 15.4 Å². The second kappa shape index (κ2) is 12.7. The first-order chi connectivity index (χ1) is 17.2. The maximum Gasteiger partial charge on any atom is 0.238 e. The molecule has 0 aliphatic carbocycles. The van der Waals surface area contributed by atoms with Crippen LogP contribution in [0.15, 0.2) is 70.7 Å². The molecule has 2 aromatic carbocycles. The zero-order valence-electron chi connectivity index (χ0n) is 19.1. The van der Waals surface area contributed by atoms with Gasteiger partial charge in [-0.15, -0.1) is 0 Å². The lowest BCUT2D eigenvalue weighted by molar-refractivity contribution is -0.115. The summed E-state index contributed by atoms with van der Waals surface area (Å²) in [6.45, 7) is 5.02. The van der Waals surface area contributed by atoms with Crippen molar-refractivity contribution < 1.29 is 14.3 Å². The Morgan fingerprint density at radius 3 is 2.57 bits per heavy atom. The molecule has 0 saturated carbocycles. The molecule has 0 atom stereocenters. The topological polar surface area (TPSA) is 112 Å². The van der Waals surface area contributed by atoms with Gasteiger partial charge in [-0.05, 0) is 54.6 Å². The molecule has 1 fully saturated rings. The Morgan fingerprint density at radius 2 is 1.83 bits per heavy atom. The number of morpholine rings is 1. The van der Waals surface area contributed by atoms with Crippen molar-refractivity contribution in [3.05, 3.63) is 60.8 Å². The number of nitrogens with one attached hydrogen (secondary N) is 2. The number of nitrogens with zero attached hydrogens (tertiary/aromatic N) is 4. The summed E-state index contributed by atoms with van der Waals surface area (Å²) in [4.78, 5) is 23.7. The molecule has 10 heteroatoms.